The van der Waals surface area contributed by atoms with Gasteiger partial charge in [-0.1, -0.05) is 12.1 Å². The van der Waals surface area contributed by atoms with Crippen molar-refractivity contribution < 1.29 is 14.7 Å². The van der Waals surface area contributed by atoms with Crippen LogP contribution in [0, 0.1) is 0 Å². The molecule has 1 heterocycles. The first kappa shape index (κ1) is 16.3. The quantitative estimate of drug-likeness (QED) is 0.655. The second kappa shape index (κ2) is 7.77. The fourth-order valence-electron chi connectivity index (χ4n) is 2.43. The van der Waals surface area contributed by atoms with E-state index in [0.717, 1.165) is 25.2 Å². The fraction of sp³-hybridized carbons (Fsp3) is 0.467. The number of hydrogen-bond acceptors (Lipinski definition) is 5. The Bertz CT molecular complexity index is 527. The number of nitrogens with one attached hydrogen (secondary N) is 1. The summed E-state index contributed by atoms with van der Waals surface area (Å²) in [5.74, 6) is -0.142. The summed E-state index contributed by atoms with van der Waals surface area (Å²) in [6, 6.07) is 7.19. The van der Waals surface area contributed by atoms with Crippen molar-refractivity contribution in [1.82, 2.24) is 15.1 Å². The van der Waals surface area contributed by atoms with E-state index in [4.69, 9.17) is 5.73 Å². The number of carbonyl (C=O) groups is 2. The van der Waals surface area contributed by atoms with Crippen LogP contribution < -0.4 is 11.1 Å². The van der Waals surface area contributed by atoms with Gasteiger partial charge >= 0.3 is 0 Å². The predicted molar refractivity (Wildman–Crippen MR) is 82.0 cm³/mol. The first-order chi connectivity index (χ1) is 10.6. The lowest BCUT2D eigenvalue weighted by molar-refractivity contribution is -0.134. The summed E-state index contributed by atoms with van der Waals surface area (Å²) in [5.41, 5.74) is 6.23. The molecule has 7 nitrogen and oxygen atoms in total. The lowest BCUT2D eigenvalue weighted by Crippen LogP contribution is -2.51. The third kappa shape index (κ3) is 4.71. The predicted octanol–water partition coefficient (Wildman–Crippen LogP) is -0.889. The highest BCUT2D eigenvalue weighted by atomic mass is 16.3. The summed E-state index contributed by atoms with van der Waals surface area (Å²) in [5, 5.41) is 12.0. The van der Waals surface area contributed by atoms with Crippen molar-refractivity contribution in [1.29, 1.82) is 0 Å². The number of piperazine rings is 1. The highest BCUT2D eigenvalue weighted by Gasteiger charge is 2.21. The van der Waals surface area contributed by atoms with E-state index >= 15 is 0 Å². The van der Waals surface area contributed by atoms with Gasteiger partial charge in [0.1, 0.15) is 5.75 Å². The smallest absolute Gasteiger partial charge is 0.242 e. The SMILES string of the molecule is NCC(=O)NCC(=O)N1CCN(Cc2cccc(O)c2)CC1. The molecule has 0 spiro atoms. The maximum atomic E-state index is 11.9. The number of nitrogens with two attached hydrogens (primary N) is 1. The highest BCUT2D eigenvalue weighted by molar-refractivity contribution is 5.85. The van der Waals surface area contributed by atoms with E-state index in [9.17, 15) is 14.7 Å². The second-order valence-corrected chi connectivity index (χ2v) is 5.31. The van der Waals surface area contributed by atoms with Crippen LogP contribution >= 0.6 is 0 Å². The Morgan fingerprint density at radius 2 is 1.95 bits per heavy atom. The van der Waals surface area contributed by atoms with Crippen LogP contribution in [0.25, 0.3) is 0 Å². The van der Waals surface area contributed by atoms with Crippen molar-refractivity contribution in [3.05, 3.63) is 29.8 Å². The van der Waals surface area contributed by atoms with Crippen LogP contribution in [-0.4, -0.2) is 66.0 Å². The van der Waals surface area contributed by atoms with Crippen LogP contribution in [0.15, 0.2) is 24.3 Å². The zero-order valence-corrected chi connectivity index (χ0v) is 12.5. The molecule has 0 atom stereocenters. The van der Waals surface area contributed by atoms with E-state index < -0.39 is 0 Å². The van der Waals surface area contributed by atoms with Crippen LogP contribution in [-0.2, 0) is 16.1 Å². The molecular weight excluding hydrogens is 284 g/mol. The molecule has 0 saturated carbocycles. The molecule has 7 heteroatoms. The van der Waals surface area contributed by atoms with Crippen LogP contribution in [0.5, 0.6) is 5.75 Å². The Kier molecular flexibility index (Phi) is 5.74. The van der Waals surface area contributed by atoms with E-state index in [1.54, 1.807) is 17.0 Å². The van der Waals surface area contributed by atoms with Gasteiger partial charge in [0.2, 0.25) is 11.8 Å². The third-order valence-electron chi connectivity index (χ3n) is 3.66. The minimum absolute atomic E-state index is 0.00257. The van der Waals surface area contributed by atoms with Crippen molar-refractivity contribution in [3.63, 3.8) is 0 Å². The number of amides is 2. The number of phenols is 1. The van der Waals surface area contributed by atoms with E-state index in [0.29, 0.717) is 13.1 Å². The van der Waals surface area contributed by atoms with Gasteiger partial charge in [0.25, 0.3) is 0 Å². The van der Waals surface area contributed by atoms with Crippen molar-refractivity contribution in [2.24, 2.45) is 5.73 Å². The molecule has 0 aliphatic carbocycles. The van der Waals surface area contributed by atoms with Gasteiger partial charge in [-0.2, -0.15) is 0 Å². The molecule has 1 fully saturated rings. The molecule has 0 bridgehead atoms. The molecule has 1 aliphatic rings. The third-order valence-corrected chi connectivity index (χ3v) is 3.66. The molecular formula is C15H22N4O3. The average Bonchev–Trinajstić information content (AvgIpc) is 2.53. The lowest BCUT2D eigenvalue weighted by atomic mass is 10.2. The second-order valence-electron chi connectivity index (χ2n) is 5.31. The maximum absolute atomic E-state index is 11.9. The van der Waals surface area contributed by atoms with Gasteiger partial charge in [0.05, 0.1) is 13.1 Å². The van der Waals surface area contributed by atoms with Crippen molar-refractivity contribution in [2.75, 3.05) is 39.3 Å². The summed E-state index contributed by atoms with van der Waals surface area (Å²) in [6.45, 7) is 3.46. The summed E-state index contributed by atoms with van der Waals surface area (Å²) in [6.07, 6.45) is 0. The summed E-state index contributed by atoms with van der Waals surface area (Å²) >= 11 is 0. The molecule has 0 aromatic heterocycles. The topological polar surface area (TPSA) is 98.9 Å². The molecule has 1 saturated heterocycles. The molecule has 4 N–H and O–H groups in total. The summed E-state index contributed by atoms with van der Waals surface area (Å²) in [7, 11) is 0. The van der Waals surface area contributed by atoms with Gasteiger partial charge in [-0.15, -0.1) is 0 Å². The van der Waals surface area contributed by atoms with E-state index in [1.165, 1.54) is 0 Å². The number of rotatable bonds is 5. The number of benzene rings is 1. The van der Waals surface area contributed by atoms with Crippen LogP contribution in [0.3, 0.4) is 0 Å². The Morgan fingerprint density at radius 1 is 1.23 bits per heavy atom. The van der Waals surface area contributed by atoms with Gasteiger partial charge in [0, 0.05) is 32.7 Å². The normalized spacial score (nSPS) is 15.6. The molecule has 0 radical (unpaired) electrons. The van der Waals surface area contributed by atoms with Gasteiger partial charge in [-0.05, 0) is 17.7 Å². The van der Waals surface area contributed by atoms with Gasteiger partial charge in [0.15, 0.2) is 0 Å². The summed E-state index contributed by atoms with van der Waals surface area (Å²) in [4.78, 5) is 27.0. The Morgan fingerprint density at radius 3 is 2.59 bits per heavy atom. The van der Waals surface area contributed by atoms with E-state index in [1.807, 2.05) is 12.1 Å². The Labute approximate surface area is 129 Å². The molecule has 1 aromatic rings. The van der Waals surface area contributed by atoms with E-state index in [-0.39, 0.29) is 30.7 Å². The fourth-order valence-corrected chi connectivity index (χ4v) is 2.43. The highest BCUT2D eigenvalue weighted by Crippen LogP contribution is 2.14. The molecule has 2 rings (SSSR count). The average molecular weight is 306 g/mol. The monoisotopic (exact) mass is 306 g/mol. The molecule has 2 amide bonds. The molecule has 1 aromatic carbocycles. The van der Waals surface area contributed by atoms with Gasteiger partial charge in [-0.25, -0.2) is 0 Å². The standard InChI is InChI=1S/C15H22N4O3/c16-9-14(21)17-10-15(22)19-6-4-18(5-7-19)11-12-2-1-3-13(20)8-12/h1-3,8,20H,4-7,9-11,16H2,(H,17,21). The molecule has 22 heavy (non-hydrogen) atoms. The van der Waals surface area contributed by atoms with Crippen LogP contribution in [0.2, 0.25) is 0 Å². The van der Waals surface area contributed by atoms with Gasteiger partial charge < -0.3 is 21.1 Å². The molecule has 120 valence electrons. The minimum Gasteiger partial charge on any atom is -0.508 e. The van der Waals surface area contributed by atoms with Crippen molar-refractivity contribution in [3.8, 4) is 5.75 Å². The molecule has 1 aliphatic heterocycles. The zero-order valence-electron chi connectivity index (χ0n) is 12.5. The van der Waals surface area contributed by atoms with Crippen LogP contribution in [0.4, 0.5) is 0 Å². The van der Waals surface area contributed by atoms with Crippen molar-refractivity contribution in [2.45, 2.75) is 6.54 Å². The number of carbonyl (C=O) groups excluding carboxylic acids is 2. The Hall–Kier alpha value is -2.12. The van der Waals surface area contributed by atoms with Gasteiger partial charge in [-0.3, -0.25) is 14.5 Å². The number of hydrogen-bond donors (Lipinski definition) is 3. The minimum atomic E-state index is -0.323. The maximum Gasteiger partial charge on any atom is 0.242 e. The zero-order chi connectivity index (χ0) is 15.9. The van der Waals surface area contributed by atoms with E-state index in [2.05, 4.69) is 10.2 Å². The summed E-state index contributed by atoms with van der Waals surface area (Å²) < 4.78 is 0. The van der Waals surface area contributed by atoms with Crippen LogP contribution in [0.1, 0.15) is 5.56 Å². The van der Waals surface area contributed by atoms with Crippen molar-refractivity contribution >= 4 is 11.8 Å². The lowest BCUT2D eigenvalue weighted by Gasteiger charge is -2.34. The largest absolute Gasteiger partial charge is 0.508 e. The molecule has 0 unspecified atom stereocenters. The first-order valence-electron chi connectivity index (χ1n) is 7.33. The number of aromatic hydroxyl groups is 1. The number of nitrogens with zero attached hydrogens (tertiary/aromatic N) is 2. The first-order valence-corrected chi connectivity index (χ1v) is 7.33. The Balaban J connectivity index is 1.75. The number of phenolic OH excluding ortho intramolecular Hbond substituents is 1.